The molecule has 2 nitrogen and oxygen atoms in total. The van der Waals surface area contributed by atoms with Crippen LogP contribution >= 0.6 is 22.6 Å². The third kappa shape index (κ3) is 5.49. The van der Waals surface area contributed by atoms with Gasteiger partial charge in [0.2, 0.25) is 0 Å². The second-order valence-corrected chi connectivity index (χ2v) is 5.29. The van der Waals surface area contributed by atoms with Crippen LogP contribution in [0.5, 0.6) is 0 Å². The molecule has 0 bridgehead atoms. The minimum Gasteiger partial charge on any atom is -0.391 e. The third-order valence-corrected chi connectivity index (χ3v) is 2.87. The van der Waals surface area contributed by atoms with E-state index in [0.29, 0.717) is 12.6 Å². The molecule has 0 saturated carbocycles. The van der Waals surface area contributed by atoms with Gasteiger partial charge in [-0.1, -0.05) is 26.0 Å². The van der Waals surface area contributed by atoms with Crippen molar-refractivity contribution in [2.75, 3.05) is 6.54 Å². The number of hydrogen-bond donors (Lipinski definition) is 2. The largest absolute Gasteiger partial charge is 0.391 e. The molecule has 0 saturated heterocycles. The lowest BCUT2D eigenvalue weighted by atomic mass is 10.1. The van der Waals surface area contributed by atoms with E-state index in [2.05, 4.69) is 66.0 Å². The van der Waals surface area contributed by atoms with E-state index in [-0.39, 0.29) is 6.10 Å². The number of aliphatic hydroxyl groups is 1. The van der Waals surface area contributed by atoms with Gasteiger partial charge in [-0.2, -0.15) is 0 Å². The van der Waals surface area contributed by atoms with Crippen molar-refractivity contribution >= 4 is 22.6 Å². The molecule has 0 aromatic heterocycles. The van der Waals surface area contributed by atoms with E-state index in [4.69, 9.17) is 0 Å². The van der Waals surface area contributed by atoms with Gasteiger partial charge in [0, 0.05) is 16.2 Å². The molecule has 84 valence electrons. The van der Waals surface area contributed by atoms with Crippen molar-refractivity contribution in [3.05, 3.63) is 33.4 Å². The maximum Gasteiger partial charge on any atom is 0.0704 e. The summed E-state index contributed by atoms with van der Waals surface area (Å²) >= 11 is 2.28. The minimum atomic E-state index is -0.299. The van der Waals surface area contributed by atoms with Crippen LogP contribution in [0.2, 0.25) is 0 Å². The molecular formula is C12H18INO. The Hall–Kier alpha value is -0.130. The van der Waals surface area contributed by atoms with Crippen molar-refractivity contribution in [2.45, 2.75) is 32.4 Å². The lowest BCUT2D eigenvalue weighted by Crippen LogP contribution is -2.32. The van der Waals surface area contributed by atoms with Gasteiger partial charge in [0.05, 0.1) is 6.10 Å². The van der Waals surface area contributed by atoms with Gasteiger partial charge in [-0.3, -0.25) is 0 Å². The number of benzene rings is 1. The highest BCUT2D eigenvalue weighted by atomic mass is 127. The molecule has 0 spiro atoms. The molecule has 2 N–H and O–H groups in total. The predicted molar refractivity (Wildman–Crippen MR) is 72.0 cm³/mol. The monoisotopic (exact) mass is 319 g/mol. The second kappa shape index (κ2) is 6.45. The number of rotatable bonds is 5. The van der Waals surface area contributed by atoms with Gasteiger partial charge in [-0.05, 0) is 46.7 Å². The van der Waals surface area contributed by atoms with Crippen LogP contribution in [0.4, 0.5) is 0 Å². The Morgan fingerprint density at radius 2 is 1.87 bits per heavy atom. The van der Waals surface area contributed by atoms with Crippen LogP contribution in [0, 0.1) is 3.57 Å². The Bertz CT molecular complexity index is 284. The van der Waals surface area contributed by atoms with Crippen LogP contribution in [-0.2, 0) is 6.42 Å². The highest BCUT2D eigenvalue weighted by molar-refractivity contribution is 14.1. The van der Waals surface area contributed by atoms with Crippen molar-refractivity contribution in [2.24, 2.45) is 0 Å². The first kappa shape index (κ1) is 12.9. The molecule has 0 aliphatic heterocycles. The van der Waals surface area contributed by atoms with Crippen LogP contribution in [0.3, 0.4) is 0 Å². The average Bonchev–Trinajstić information content (AvgIpc) is 2.19. The summed E-state index contributed by atoms with van der Waals surface area (Å²) in [5.74, 6) is 0. The fourth-order valence-corrected chi connectivity index (χ4v) is 1.70. The van der Waals surface area contributed by atoms with E-state index in [1.54, 1.807) is 0 Å². The highest BCUT2D eigenvalue weighted by Crippen LogP contribution is 2.08. The van der Waals surface area contributed by atoms with E-state index < -0.39 is 0 Å². The lowest BCUT2D eigenvalue weighted by Gasteiger charge is -2.14. The minimum absolute atomic E-state index is 0.299. The summed E-state index contributed by atoms with van der Waals surface area (Å²) in [5.41, 5.74) is 1.19. The Labute approximate surface area is 105 Å². The third-order valence-electron chi connectivity index (χ3n) is 2.15. The summed E-state index contributed by atoms with van der Waals surface area (Å²) in [4.78, 5) is 0. The Morgan fingerprint density at radius 1 is 1.27 bits per heavy atom. The first-order valence-electron chi connectivity index (χ1n) is 5.24. The molecule has 1 rings (SSSR count). The van der Waals surface area contributed by atoms with Crippen molar-refractivity contribution in [1.82, 2.24) is 5.32 Å². The molecule has 1 aromatic rings. The fraction of sp³-hybridized carbons (Fsp3) is 0.500. The molecule has 0 aliphatic rings. The molecule has 0 heterocycles. The maximum atomic E-state index is 9.76. The van der Waals surface area contributed by atoms with Crippen LogP contribution in [0.1, 0.15) is 19.4 Å². The first-order valence-corrected chi connectivity index (χ1v) is 6.31. The number of nitrogens with one attached hydrogen (secondary N) is 1. The van der Waals surface area contributed by atoms with Gasteiger partial charge in [-0.25, -0.2) is 0 Å². The van der Waals surface area contributed by atoms with E-state index in [9.17, 15) is 5.11 Å². The van der Waals surface area contributed by atoms with Crippen molar-refractivity contribution in [1.29, 1.82) is 0 Å². The van der Waals surface area contributed by atoms with E-state index in [1.165, 1.54) is 9.13 Å². The van der Waals surface area contributed by atoms with Gasteiger partial charge in [-0.15, -0.1) is 0 Å². The first-order chi connectivity index (χ1) is 7.08. The van der Waals surface area contributed by atoms with Crippen LogP contribution in [0.15, 0.2) is 24.3 Å². The van der Waals surface area contributed by atoms with E-state index in [0.717, 1.165) is 6.42 Å². The van der Waals surface area contributed by atoms with E-state index in [1.807, 2.05) is 0 Å². The number of aliphatic hydroxyl groups excluding tert-OH is 1. The summed E-state index contributed by atoms with van der Waals surface area (Å²) in [6, 6.07) is 8.70. The fourth-order valence-electron chi connectivity index (χ4n) is 1.34. The maximum absolute atomic E-state index is 9.76. The number of hydrogen-bond acceptors (Lipinski definition) is 2. The van der Waals surface area contributed by atoms with Gasteiger partial charge >= 0.3 is 0 Å². The summed E-state index contributed by atoms with van der Waals surface area (Å²) in [7, 11) is 0. The van der Waals surface area contributed by atoms with Crippen LogP contribution < -0.4 is 5.32 Å². The van der Waals surface area contributed by atoms with Crippen molar-refractivity contribution < 1.29 is 5.11 Å². The standard InChI is InChI=1S/C12H18INO/c1-9(2)14-8-12(15)7-10-3-5-11(13)6-4-10/h3-6,9,12,14-15H,7-8H2,1-2H3. The van der Waals surface area contributed by atoms with Gasteiger partial charge in [0.1, 0.15) is 0 Å². The molecule has 0 aliphatic carbocycles. The predicted octanol–water partition coefficient (Wildman–Crippen LogP) is 2.19. The SMILES string of the molecule is CC(C)NCC(O)Cc1ccc(I)cc1. The smallest absolute Gasteiger partial charge is 0.0704 e. The summed E-state index contributed by atoms with van der Waals surface area (Å²) in [6.45, 7) is 4.82. The van der Waals surface area contributed by atoms with Gasteiger partial charge < -0.3 is 10.4 Å². The van der Waals surface area contributed by atoms with Crippen molar-refractivity contribution in [3.63, 3.8) is 0 Å². The second-order valence-electron chi connectivity index (χ2n) is 4.05. The van der Waals surface area contributed by atoms with Gasteiger partial charge in [0.15, 0.2) is 0 Å². The molecule has 0 amide bonds. The topological polar surface area (TPSA) is 32.3 Å². The molecular weight excluding hydrogens is 301 g/mol. The lowest BCUT2D eigenvalue weighted by molar-refractivity contribution is 0.169. The molecule has 1 aromatic carbocycles. The Kier molecular flexibility index (Phi) is 5.56. The Balaban J connectivity index is 2.37. The molecule has 0 fully saturated rings. The molecule has 1 atom stereocenters. The summed E-state index contributed by atoms with van der Waals surface area (Å²) in [6.07, 6.45) is 0.420. The van der Waals surface area contributed by atoms with Gasteiger partial charge in [0.25, 0.3) is 0 Å². The zero-order valence-corrected chi connectivity index (χ0v) is 11.4. The average molecular weight is 319 g/mol. The van der Waals surface area contributed by atoms with E-state index >= 15 is 0 Å². The summed E-state index contributed by atoms with van der Waals surface area (Å²) in [5, 5.41) is 13.0. The Morgan fingerprint density at radius 3 is 2.40 bits per heavy atom. The normalized spacial score (nSPS) is 13.1. The molecule has 15 heavy (non-hydrogen) atoms. The zero-order chi connectivity index (χ0) is 11.3. The number of halogens is 1. The summed E-state index contributed by atoms with van der Waals surface area (Å²) < 4.78 is 1.23. The van der Waals surface area contributed by atoms with Crippen molar-refractivity contribution in [3.8, 4) is 0 Å². The van der Waals surface area contributed by atoms with Crippen LogP contribution in [0.25, 0.3) is 0 Å². The quantitative estimate of drug-likeness (QED) is 0.816. The molecule has 1 unspecified atom stereocenters. The highest BCUT2D eigenvalue weighted by Gasteiger charge is 2.05. The zero-order valence-electron chi connectivity index (χ0n) is 9.20. The van der Waals surface area contributed by atoms with Crippen LogP contribution in [-0.4, -0.2) is 23.8 Å². The molecule has 3 heteroatoms. The molecule has 0 radical (unpaired) electrons.